The molecule has 0 atom stereocenters. The van der Waals surface area contributed by atoms with Crippen molar-refractivity contribution in [3.05, 3.63) is 78.4 Å². The van der Waals surface area contributed by atoms with Gasteiger partial charge in [0.05, 0.1) is 5.71 Å². The van der Waals surface area contributed by atoms with E-state index in [-0.39, 0.29) is 12.5 Å². The van der Waals surface area contributed by atoms with Gasteiger partial charge in [-0.05, 0) is 41.5 Å². The van der Waals surface area contributed by atoms with Gasteiger partial charge in [-0.3, -0.25) is 4.79 Å². The van der Waals surface area contributed by atoms with E-state index in [1.807, 2.05) is 49.4 Å². The normalized spacial score (nSPS) is 11.3. The second-order valence-electron chi connectivity index (χ2n) is 5.40. The molecule has 3 rings (SSSR count). The highest BCUT2D eigenvalue weighted by molar-refractivity contribution is 6.02. The van der Waals surface area contributed by atoms with E-state index in [1.54, 1.807) is 12.1 Å². The Labute approximate surface area is 140 Å². The molecule has 0 saturated heterocycles. The lowest BCUT2D eigenvalue weighted by molar-refractivity contribution is -0.123. The Bertz CT molecular complexity index is 873. The van der Waals surface area contributed by atoms with E-state index in [9.17, 15) is 4.79 Å². The zero-order valence-electron chi connectivity index (χ0n) is 13.4. The standard InChI is InChI=1S/C20H18N2O2/c1-15(17-12-11-16-7-5-6-8-18(16)13-17)21-22-20(23)14-24-19-9-3-2-4-10-19/h2-13H,14H2,1H3,(H,22,23)/b21-15-. The van der Waals surface area contributed by atoms with Crippen molar-refractivity contribution in [2.45, 2.75) is 6.92 Å². The molecular formula is C20H18N2O2. The van der Waals surface area contributed by atoms with E-state index in [4.69, 9.17) is 4.74 Å². The predicted octanol–water partition coefficient (Wildman–Crippen LogP) is 3.76. The third-order valence-electron chi connectivity index (χ3n) is 3.63. The van der Waals surface area contributed by atoms with Crippen molar-refractivity contribution < 1.29 is 9.53 Å². The van der Waals surface area contributed by atoms with Gasteiger partial charge in [0.1, 0.15) is 5.75 Å². The van der Waals surface area contributed by atoms with Crippen LogP contribution >= 0.6 is 0 Å². The molecule has 0 spiro atoms. The Balaban J connectivity index is 1.61. The topological polar surface area (TPSA) is 50.7 Å². The molecule has 4 nitrogen and oxygen atoms in total. The first-order valence-corrected chi connectivity index (χ1v) is 7.72. The Kier molecular flexibility index (Phi) is 4.87. The zero-order chi connectivity index (χ0) is 16.8. The van der Waals surface area contributed by atoms with E-state index >= 15 is 0 Å². The maximum absolute atomic E-state index is 11.8. The molecule has 120 valence electrons. The fraction of sp³-hybridized carbons (Fsp3) is 0.100. The number of ether oxygens (including phenoxy) is 1. The van der Waals surface area contributed by atoms with Crippen LogP contribution in [0.15, 0.2) is 77.9 Å². The average Bonchev–Trinajstić information content (AvgIpc) is 2.65. The van der Waals surface area contributed by atoms with Crippen LogP contribution in [-0.4, -0.2) is 18.2 Å². The van der Waals surface area contributed by atoms with Crippen LogP contribution in [0.5, 0.6) is 5.75 Å². The van der Waals surface area contributed by atoms with E-state index in [2.05, 4.69) is 28.7 Å². The van der Waals surface area contributed by atoms with Gasteiger partial charge in [0.25, 0.3) is 5.91 Å². The first-order chi connectivity index (χ1) is 11.7. The fourth-order valence-electron chi connectivity index (χ4n) is 2.32. The van der Waals surface area contributed by atoms with Gasteiger partial charge in [0.2, 0.25) is 0 Å². The number of hydrazone groups is 1. The molecule has 4 heteroatoms. The van der Waals surface area contributed by atoms with Gasteiger partial charge < -0.3 is 4.74 Å². The Morgan fingerprint density at radius 1 is 0.958 bits per heavy atom. The number of carbonyl (C=O) groups is 1. The first kappa shape index (κ1) is 15.7. The monoisotopic (exact) mass is 318 g/mol. The molecule has 0 radical (unpaired) electrons. The molecule has 0 aliphatic heterocycles. The first-order valence-electron chi connectivity index (χ1n) is 7.72. The van der Waals surface area contributed by atoms with Gasteiger partial charge >= 0.3 is 0 Å². The van der Waals surface area contributed by atoms with Crippen molar-refractivity contribution in [2.24, 2.45) is 5.10 Å². The second kappa shape index (κ2) is 7.42. The summed E-state index contributed by atoms with van der Waals surface area (Å²) in [5.74, 6) is 0.363. The van der Waals surface area contributed by atoms with Crippen LogP contribution in [-0.2, 0) is 4.79 Å². The van der Waals surface area contributed by atoms with Crippen LogP contribution < -0.4 is 10.2 Å². The minimum atomic E-state index is -0.293. The number of amides is 1. The average molecular weight is 318 g/mol. The summed E-state index contributed by atoms with van der Waals surface area (Å²) in [4.78, 5) is 11.8. The summed E-state index contributed by atoms with van der Waals surface area (Å²) in [7, 11) is 0. The number of nitrogens with one attached hydrogen (secondary N) is 1. The van der Waals surface area contributed by atoms with Crippen molar-refractivity contribution >= 4 is 22.4 Å². The van der Waals surface area contributed by atoms with Gasteiger partial charge in [-0.1, -0.05) is 54.6 Å². The van der Waals surface area contributed by atoms with Crippen LogP contribution in [0.25, 0.3) is 10.8 Å². The van der Waals surface area contributed by atoms with Crippen molar-refractivity contribution in [1.29, 1.82) is 0 Å². The van der Waals surface area contributed by atoms with Gasteiger partial charge in [-0.25, -0.2) is 5.43 Å². The van der Waals surface area contributed by atoms with Crippen molar-refractivity contribution in [3.8, 4) is 5.75 Å². The Morgan fingerprint density at radius 2 is 1.67 bits per heavy atom. The van der Waals surface area contributed by atoms with Gasteiger partial charge in [0, 0.05) is 0 Å². The maximum Gasteiger partial charge on any atom is 0.277 e. The Morgan fingerprint density at radius 3 is 2.46 bits per heavy atom. The molecule has 1 amide bonds. The van der Waals surface area contributed by atoms with Crippen LogP contribution in [0.1, 0.15) is 12.5 Å². The summed E-state index contributed by atoms with van der Waals surface area (Å²) in [5.41, 5.74) is 4.24. The number of benzene rings is 3. The molecule has 0 aliphatic carbocycles. The molecule has 0 saturated carbocycles. The van der Waals surface area contributed by atoms with Crippen LogP contribution in [0.3, 0.4) is 0 Å². The SMILES string of the molecule is C/C(=N/NC(=O)COc1ccccc1)c1ccc2ccccc2c1. The number of nitrogens with zero attached hydrogens (tertiary/aromatic N) is 1. The van der Waals surface area contributed by atoms with E-state index < -0.39 is 0 Å². The summed E-state index contributed by atoms with van der Waals surface area (Å²) in [6.45, 7) is 1.79. The second-order valence-corrected chi connectivity index (χ2v) is 5.40. The summed E-state index contributed by atoms with van der Waals surface area (Å²) in [6.07, 6.45) is 0. The summed E-state index contributed by atoms with van der Waals surface area (Å²) in [6, 6.07) is 23.4. The van der Waals surface area contributed by atoms with Crippen molar-refractivity contribution in [3.63, 3.8) is 0 Å². The number of rotatable bonds is 5. The number of hydrogen-bond donors (Lipinski definition) is 1. The molecule has 0 fully saturated rings. The summed E-state index contributed by atoms with van der Waals surface area (Å²) >= 11 is 0. The Hall–Kier alpha value is -3.14. The molecule has 24 heavy (non-hydrogen) atoms. The molecule has 0 aliphatic rings. The number of carbonyl (C=O) groups excluding carboxylic acids is 1. The van der Waals surface area contributed by atoms with Crippen LogP contribution in [0.4, 0.5) is 0 Å². The van der Waals surface area contributed by atoms with E-state index in [0.29, 0.717) is 5.75 Å². The highest BCUT2D eigenvalue weighted by atomic mass is 16.5. The van der Waals surface area contributed by atoms with Crippen LogP contribution in [0.2, 0.25) is 0 Å². The lowest BCUT2D eigenvalue weighted by Crippen LogP contribution is -2.25. The summed E-state index contributed by atoms with van der Waals surface area (Å²) in [5, 5.41) is 6.47. The van der Waals surface area contributed by atoms with Crippen molar-refractivity contribution in [1.82, 2.24) is 5.43 Å². The van der Waals surface area contributed by atoms with Crippen molar-refractivity contribution in [2.75, 3.05) is 6.61 Å². The highest BCUT2D eigenvalue weighted by Crippen LogP contribution is 2.16. The third kappa shape index (κ3) is 3.98. The molecule has 3 aromatic carbocycles. The quantitative estimate of drug-likeness (QED) is 0.575. The molecule has 1 N–H and O–H groups in total. The van der Waals surface area contributed by atoms with Gasteiger partial charge in [-0.2, -0.15) is 5.10 Å². The lowest BCUT2D eigenvalue weighted by Gasteiger charge is -2.06. The van der Waals surface area contributed by atoms with Gasteiger partial charge in [0.15, 0.2) is 6.61 Å². The molecule has 3 aromatic rings. The fourth-order valence-corrected chi connectivity index (χ4v) is 2.32. The van der Waals surface area contributed by atoms with E-state index in [0.717, 1.165) is 16.7 Å². The molecule has 0 heterocycles. The summed E-state index contributed by atoms with van der Waals surface area (Å²) < 4.78 is 5.38. The lowest BCUT2D eigenvalue weighted by atomic mass is 10.0. The van der Waals surface area contributed by atoms with Crippen LogP contribution in [0, 0.1) is 0 Å². The van der Waals surface area contributed by atoms with E-state index in [1.165, 1.54) is 5.39 Å². The smallest absolute Gasteiger partial charge is 0.277 e. The van der Waals surface area contributed by atoms with Gasteiger partial charge in [-0.15, -0.1) is 0 Å². The highest BCUT2D eigenvalue weighted by Gasteiger charge is 2.03. The molecule has 0 bridgehead atoms. The number of fused-ring (bicyclic) bond motifs is 1. The molecule has 0 aromatic heterocycles. The predicted molar refractivity (Wildman–Crippen MR) is 96.2 cm³/mol. The number of para-hydroxylation sites is 1. The molecule has 0 unspecified atom stereocenters. The zero-order valence-corrected chi connectivity index (χ0v) is 13.4. The third-order valence-corrected chi connectivity index (χ3v) is 3.63. The largest absolute Gasteiger partial charge is 0.484 e. The maximum atomic E-state index is 11.8. The minimum absolute atomic E-state index is 0.0709. The minimum Gasteiger partial charge on any atom is -0.484 e. The molecular weight excluding hydrogens is 300 g/mol. The number of hydrogen-bond acceptors (Lipinski definition) is 3.